The van der Waals surface area contributed by atoms with Crippen molar-refractivity contribution in [2.75, 3.05) is 7.11 Å². The van der Waals surface area contributed by atoms with Gasteiger partial charge in [-0.1, -0.05) is 0 Å². The molecule has 0 spiro atoms. The molecule has 0 saturated heterocycles. The minimum absolute atomic E-state index is 0.273. The number of hydrogen-bond donors (Lipinski definition) is 3. The monoisotopic (exact) mass is 249 g/mol. The molecule has 0 aromatic rings. The number of ether oxygens (including phenoxy) is 1. The van der Waals surface area contributed by atoms with Gasteiger partial charge in [-0.3, -0.25) is 4.79 Å². The predicted molar refractivity (Wildman–Crippen MR) is 50.6 cm³/mol. The van der Waals surface area contributed by atoms with Gasteiger partial charge in [0.15, 0.2) is 0 Å². The third-order valence-electron chi connectivity index (χ3n) is 1.86. The number of aliphatic carboxylic acids is 1. The molecule has 96 valence electrons. The normalized spacial score (nSPS) is 11.4. The van der Waals surface area contributed by atoms with Gasteiger partial charge in [0, 0.05) is 6.42 Å². The zero-order chi connectivity index (χ0) is 13.6. The summed E-state index contributed by atoms with van der Waals surface area (Å²) in [7, 11) is 1.07. The van der Waals surface area contributed by atoms with Gasteiger partial charge in [-0.15, -0.1) is 0 Å². The number of amides is 2. The Morgan fingerprint density at radius 3 is 1.88 bits per heavy atom. The fourth-order valence-corrected chi connectivity index (χ4v) is 1.07. The summed E-state index contributed by atoms with van der Waals surface area (Å²) in [6.45, 7) is 0. The fraction of sp³-hybridized carbons (Fsp3) is 0.500. The summed E-state index contributed by atoms with van der Waals surface area (Å²) in [5.74, 6) is -2.41. The molecule has 2 amide bonds. The molecule has 9 heteroatoms. The average Bonchev–Trinajstić information content (AvgIpc) is 2.21. The van der Waals surface area contributed by atoms with E-state index in [9.17, 15) is 19.2 Å². The summed E-state index contributed by atoms with van der Waals surface area (Å²) in [6.07, 6.45) is -4.73. The molecule has 0 rings (SSSR count). The molecule has 0 aliphatic rings. The second-order valence-corrected chi connectivity index (χ2v) is 2.90. The minimum atomic E-state index is -1.92. The van der Waals surface area contributed by atoms with E-state index in [2.05, 4.69) is 4.74 Å². The number of carbonyl (C=O) groups is 4. The van der Waals surface area contributed by atoms with Crippen LogP contribution in [0.4, 0.5) is 9.59 Å². The second-order valence-electron chi connectivity index (χ2n) is 2.90. The van der Waals surface area contributed by atoms with Crippen molar-refractivity contribution in [3.63, 3.8) is 0 Å². The van der Waals surface area contributed by atoms with Gasteiger partial charge in [0.05, 0.1) is 7.11 Å². The first-order valence-corrected chi connectivity index (χ1v) is 4.36. The van der Waals surface area contributed by atoms with Gasteiger partial charge >= 0.3 is 24.1 Å². The van der Waals surface area contributed by atoms with Crippen LogP contribution < -0.4 is 0 Å². The highest BCUT2D eigenvalue weighted by Gasteiger charge is 2.35. The maximum Gasteiger partial charge on any atom is 0.417 e. The third kappa shape index (κ3) is 4.36. The van der Waals surface area contributed by atoms with Crippen LogP contribution in [0, 0.1) is 0 Å². The molecule has 0 saturated carbocycles. The minimum Gasteiger partial charge on any atom is -0.480 e. The highest BCUT2D eigenvalue weighted by atomic mass is 16.5. The van der Waals surface area contributed by atoms with Crippen LogP contribution >= 0.6 is 0 Å². The Kier molecular flexibility index (Phi) is 5.44. The fourth-order valence-electron chi connectivity index (χ4n) is 1.07. The van der Waals surface area contributed by atoms with Crippen LogP contribution in [0.5, 0.6) is 0 Å². The molecule has 0 radical (unpaired) electrons. The van der Waals surface area contributed by atoms with Crippen molar-refractivity contribution >= 4 is 24.1 Å². The molecular formula is C8H11NO8. The number of imide groups is 1. The number of esters is 1. The zero-order valence-electron chi connectivity index (χ0n) is 8.82. The van der Waals surface area contributed by atoms with E-state index in [4.69, 9.17) is 15.3 Å². The lowest BCUT2D eigenvalue weighted by Crippen LogP contribution is -2.47. The molecule has 0 aliphatic carbocycles. The number of rotatable bonds is 5. The summed E-state index contributed by atoms with van der Waals surface area (Å²) >= 11 is 0. The summed E-state index contributed by atoms with van der Waals surface area (Å²) in [4.78, 5) is 42.4. The number of methoxy groups -OCH3 is 1. The lowest BCUT2D eigenvalue weighted by molar-refractivity contribution is -0.144. The molecule has 9 nitrogen and oxygen atoms in total. The van der Waals surface area contributed by atoms with Crippen LogP contribution in [0.2, 0.25) is 0 Å². The second kappa shape index (κ2) is 6.30. The Morgan fingerprint density at radius 1 is 1.12 bits per heavy atom. The van der Waals surface area contributed by atoms with E-state index in [1.807, 2.05) is 0 Å². The van der Waals surface area contributed by atoms with Gasteiger partial charge in [0.1, 0.15) is 6.04 Å². The lowest BCUT2D eigenvalue weighted by Gasteiger charge is -2.20. The zero-order valence-corrected chi connectivity index (χ0v) is 8.82. The smallest absolute Gasteiger partial charge is 0.417 e. The molecule has 0 aromatic heterocycles. The van der Waals surface area contributed by atoms with Gasteiger partial charge in [-0.2, -0.15) is 4.90 Å². The van der Waals surface area contributed by atoms with E-state index >= 15 is 0 Å². The third-order valence-corrected chi connectivity index (χ3v) is 1.86. The SMILES string of the molecule is COC(=O)CC[C@@H](C(=O)O)N(C(=O)O)C(=O)O. The standard InChI is InChI=1S/C8H11NO8/c1-17-5(10)3-2-4(6(11)12)9(7(13)14)8(15)16/h4H,2-3H2,1H3,(H,11,12)(H,13,14)(H,15,16)/t4-/m0/s1. The van der Waals surface area contributed by atoms with Crippen molar-refractivity contribution in [3.05, 3.63) is 0 Å². The Morgan fingerprint density at radius 2 is 1.59 bits per heavy atom. The van der Waals surface area contributed by atoms with Gasteiger partial charge in [0.25, 0.3) is 0 Å². The van der Waals surface area contributed by atoms with E-state index in [0.29, 0.717) is 0 Å². The Bertz CT molecular complexity index is 324. The summed E-state index contributed by atoms with van der Waals surface area (Å²) < 4.78 is 4.24. The van der Waals surface area contributed by atoms with E-state index in [0.717, 1.165) is 7.11 Å². The van der Waals surface area contributed by atoms with Crippen molar-refractivity contribution in [1.82, 2.24) is 4.90 Å². The highest BCUT2D eigenvalue weighted by Crippen LogP contribution is 2.09. The Labute approximate surface area is 95.2 Å². The quantitative estimate of drug-likeness (QED) is 0.580. The summed E-state index contributed by atoms with van der Waals surface area (Å²) in [6, 6.07) is -1.84. The van der Waals surface area contributed by atoms with Crippen molar-refractivity contribution in [2.45, 2.75) is 18.9 Å². The molecule has 0 aliphatic heterocycles. The molecule has 3 N–H and O–H groups in total. The van der Waals surface area contributed by atoms with E-state index in [1.165, 1.54) is 0 Å². The molecule has 1 atom stereocenters. The van der Waals surface area contributed by atoms with Crippen LogP contribution in [0.1, 0.15) is 12.8 Å². The molecule has 0 bridgehead atoms. The summed E-state index contributed by atoms with van der Waals surface area (Å²) in [5, 5.41) is 25.8. The van der Waals surface area contributed by atoms with Crippen LogP contribution in [0.3, 0.4) is 0 Å². The van der Waals surface area contributed by atoms with Crippen molar-refractivity contribution in [2.24, 2.45) is 0 Å². The maximum atomic E-state index is 10.8. The number of carboxylic acids is 1. The maximum absolute atomic E-state index is 10.8. The Balaban J connectivity index is 4.82. The highest BCUT2D eigenvalue weighted by molar-refractivity contribution is 5.92. The van der Waals surface area contributed by atoms with Crippen molar-refractivity contribution < 1.29 is 39.2 Å². The topological polar surface area (TPSA) is 141 Å². The van der Waals surface area contributed by atoms with E-state index < -0.39 is 43.0 Å². The molecule has 0 fully saturated rings. The van der Waals surface area contributed by atoms with Crippen LogP contribution in [-0.4, -0.2) is 57.5 Å². The van der Waals surface area contributed by atoms with E-state index in [1.54, 1.807) is 0 Å². The molecule has 0 heterocycles. The number of hydrogen-bond acceptors (Lipinski definition) is 5. The van der Waals surface area contributed by atoms with Gasteiger partial charge < -0.3 is 20.1 Å². The van der Waals surface area contributed by atoms with Crippen molar-refractivity contribution in [3.8, 4) is 0 Å². The molecular weight excluding hydrogens is 238 g/mol. The molecule has 0 aromatic carbocycles. The average molecular weight is 249 g/mol. The van der Waals surface area contributed by atoms with Crippen LogP contribution in [-0.2, 0) is 14.3 Å². The summed E-state index contributed by atoms with van der Waals surface area (Å²) in [5.41, 5.74) is 0. The molecule has 17 heavy (non-hydrogen) atoms. The van der Waals surface area contributed by atoms with Gasteiger partial charge in [-0.05, 0) is 6.42 Å². The predicted octanol–water partition coefficient (Wildman–Crippen LogP) is 0.0508. The van der Waals surface area contributed by atoms with Crippen molar-refractivity contribution in [1.29, 1.82) is 0 Å². The largest absolute Gasteiger partial charge is 0.480 e. The Hall–Kier alpha value is -2.32. The van der Waals surface area contributed by atoms with Gasteiger partial charge in [0.2, 0.25) is 0 Å². The first-order valence-electron chi connectivity index (χ1n) is 4.36. The van der Waals surface area contributed by atoms with Gasteiger partial charge in [-0.25, -0.2) is 14.4 Å². The van der Waals surface area contributed by atoms with Crippen LogP contribution in [0.25, 0.3) is 0 Å². The first kappa shape index (κ1) is 14.7. The van der Waals surface area contributed by atoms with Crippen LogP contribution in [0.15, 0.2) is 0 Å². The first-order chi connectivity index (χ1) is 7.81. The van der Waals surface area contributed by atoms with E-state index in [-0.39, 0.29) is 4.90 Å². The molecule has 0 unspecified atom stereocenters. The number of carboxylic acid groups (broad SMARTS) is 3. The number of carbonyl (C=O) groups excluding carboxylic acids is 1. The lowest BCUT2D eigenvalue weighted by atomic mass is 10.1. The number of nitrogens with zero attached hydrogens (tertiary/aromatic N) is 1.